The maximum atomic E-state index is 13.1. The summed E-state index contributed by atoms with van der Waals surface area (Å²) in [5.74, 6) is 0.760. The molecule has 7 nitrogen and oxygen atoms in total. The van der Waals surface area contributed by atoms with Gasteiger partial charge >= 0.3 is 0 Å². The molecule has 2 N–H and O–H groups in total. The van der Waals surface area contributed by atoms with Gasteiger partial charge in [-0.05, 0) is 51.9 Å². The third-order valence-electron chi connectivity index (χ3n) is 7.97. The molecular weight excluding hydrogens is 390 g/mol. The van der Waals surface area contributed by atoms with Gasteiger partial charge in [-0.1, -0.05) is 32.6 Å². The van der Waals surface area contributed by atoms with Crippen molar-refractivity contribution in [1.82, 2.24) is 25.3 Å². The van der Waals surface area contributed by atoms with E-state index in [1.54, 1.807) is 0 Å². The Labute approximate surface area is 186 Å². The Hall–Kier alpha value is -1.89. The van der Waals surface area contributed by atoms with Crippen molar-refractivity contribution < 1.29 is 9.59 Å². The van der Waals surface area contributed by atoms with Crippen molar-refractivity contribution in [2.45, 2.75) is 90.1 Å². The maximum Gasteiger partial charge on any atom is 0.246 e. The van der Waals surface area contributed by atoms with Crippen molar-refractivity contribution in [1.29, 1.82) is 0 Å². The molecule has 1 spiro atoms. The van der Waals surface area contributed by atoms with Crippen molar-refractivity contribution in [3.63, 3.8) is 0 Å². The van der Waals surface area contributed by atoms with Gasteiger partial charge < -0.3 is 10.2 Å². The first-order valence-corrected chi connectivity index (χ1v) is 12.3. The number of piperazine rings is 1. The second-order valence-corrected chi connectivity index (χ2v) is 9.84. The van der Waals surface area contributed by atoms with Gasteiger partial charge in [0, 0.05) is 36.9 Å². The number of hydrogen-bond acceptors (Lipinski definition) is 4. The predicted octanol–water partition coefficient (Wildman–Crippen LogP) is 3.24. The highest BCUT2D eigenvalue weighted by Gasteiger charge is 2.51. The highest BCUT2D eigenvalue weighted by molar-refractivity contribution is 5.98. The van der Waals surface area contributed by atoms with E-state index in [-0.39, 0.29) is 18.4 Å². The molecule has 2 amide bonds. The van der Waals surface area contributed by atoms with Gasteiger partial charge in [-0.25, -0.2) is 0 Å². The zero-order chi connectivity index (χ0) is 22.0. The zero-order valence-electron chi connectivity index (χ0n) is 19.5. The van der Waals surface area contributed by atoms with Crippen LogP contribution in [0.3, 0.4) is 0 Å². The van der Waals surface area contributed by atoms with Gasteiger partial charge in [0.1, 0.15) is 5.54 Å². The monoisotopic (exact) mass is 429 g/mol. The molecule has 3 aliphatic rings. The topological polar surface area (TPSA) is 81.3 Å². The molecule has 4 rings (SSSR count). The highest BCUT2D eigenvalue weighted by Crippen LogP contribution is 2.43. The second-order valence-electron chi connectivity index (χ2n) is 9.84. The lowest BCUT2D eigenvalue weighted by Gasteiger charge is -2.52. The molecule has 1 atom stereocenters. The number of unbranched alkanes of at least 4 members (excludes halogenated alkanes) is 1. The Morgan fingerprint density at radius 1 is 1.13 bits per heavy atom. The van der Waals surface area contributed by atoms with Crippen LogP contribution in [0.2, 0.25) is 0 Å². The fraction of sp³-hybridized carbons (Fsp3) is 0.792. The number of amides is 2. The largest absolute Gasteiger partial charge is 0.345 e. The van der Waals surface area contributed by atoms with Gasteiger partial charge in [0.05, 0.1) is 12.2 Å². The Balaban J connectivity index is 1.58. The zero-order valence-corrected chi connectivity index (χ0v) is 19.5. The van der Waals surface area contributed by atoms with E-state index in [0.29, 0.717) is 31.3 Å². The van der Waals surface area contributed by atoms with E-state index in [4.69, 9.17) is 0 Å². The number of aryl methyl sites for hydroxylation is 2. The van der Waals surface area contributed by atoms with E-state index in [0.717, 1.165) is 31.6 Å². The van der Waals surface area contributed by atoms with Crippen LogP contribution >= 0.6 is 0 Å². The van der Waals surface area contributed by atoms with Crippen molar-refractivity contribution >= 4 is 11.8 Å². The van der Waals surface area contributed by atoms with E-state index in [1.165, 1.54) is 43.4 Å². The van der Waals surface area contributed by atoms with Crippen LogP contribution in [0.15, 0.2) is 0 Å². The molecule has 3 heterocycles. The molecular formula is C24H39N5O2. The number of hydrogen-bond donors (Lipinski definition) is 2. The number of aromatic amines is 1. The Bertz CT molecular complexity index is 770. The number of carbonyl (C=O) groups excluding carboxylic acids is 2. The molecule has 7 heteroatoms. The Morgan fingerprint density at radius 3 is 2.45 bits per heavy atom. The summed E-state index contributed by atoms with van der Waals surface area (Å²) in [6, 6.07) is 0.350. The maximum absolute atomic E-state index is 13.1. The second kappa shape index (κ2) is 9.31. The van der Waals surface area contributed by atoms with E-state index in [2.05, 4.69) is 41.2 Å². The molecule has 1 unspecified atom stereocenters. The van der Waals surface area contributed by atoms with Crippen LogP contribution in [0, 0.1) is 19.8 Å². The molecule has 1 aromatic heterocycles. The molecule has 0 radical (unpaired) electrons. The van der Waals surface area contributed by atoms with Crippen molar-refractivity contribution in [2.75, 3.05) is 26.2 Å². The predicted molar refractivity (Wildman–Crippen MR) is 121 cm³/mol. The quantitative estimate of drug-likeness (QED) is 0.727. The van der Waals surface area contributed by atoms with Gasteiger partial charge in [0.15, 0.2) is 0 Å². The van der Waals surface area contributed by atoms with Crippen LogP contribution < -0.4 is 5.32 Å². The lowest BCUT2D eigenvalue weighted by atomic mass is 9.77. The number of aromatic nitrogens is 2. The number of H-pyrrole nitrogens is 1. The van der Waals surface area contributed by atoms with Crippen LogP contribution in [0.5, 0.6) is 0 Å². The molecule has 1 aliphatic carbocycles. The molecule has 1 aromatic rings. The van der Waals surface area contributed by atoms with Crippen LogP contribution in [-0.4, -0.2) is 63.5 Å². The highest BCUT2D eigenvalue weighted by atomic mass is 16.2. The summed E-state index contributed by atoms with van der Waals surface area (Å²) in [5.41, 5.74) is 2.96. The van der Waals surface area contributed by atoms with E-state index in [9.17, 15) is 9.59 Å². The summed E-state index contributed by atoms with van der Waals surface area (Å²) >= 11 is 0. The summed E-state index contributed by atoms with van der Waals surface area (Å²) in [7, 11) is 0. The molecule has 31 heavy (non-hydrogen) atoms. The average Bonchev–Trinajstić information content (AvgIpc) is 3.11. The number of piperidine rings is 1. The first kappa shape index (κ1) is 22.3. The molecule has 0 aromatic carbocycles. The van der Waals surface area contributed by atoms with E-state index in [1.807, 2.05) is 4.90 Å². The van der Waals surface area contributed by atoms with Crippen molar-refractivity contribution in [3.8, 4) is 0 Å². The third-order valence-corrected chi connectivity index (χ3v) is 7.97. The minimum atomic E-state index is -0.668. The average molecular weight is 430 g/mol. The molecule has 172 valence electrons. The van der Waals surface area contributed by atoms with Crippen LogP contribution in [0.4, 0.5) is 0 Å². The molecule has 0 bridgehead atoms. The Kier molecular flexibility index (Phi) is 6.70. The smallest absolute Gasteiger partial charge is 0.246 e. The molecule has 1 saturated carbocycles. The number of rotatable bonds is 6. The number of nitrogens with one attached hydrogen (secondary N) is 2. The summed E-state index contributed by atoms with van der Waals surface area (Å²) in [5, 5.41) is 10.6. The lowest BCUT2D eigenvalue weighted by Crippen LogP contribution is -2.70. The summed E-state index contributed by atoms with van der Waals surface area (Å²) in [4.78, 5) is 30.3. The van der Waals surface area contributed by atoms with Gasteiger partial charge in [0.2, 0.25) is 11.8 Å². The van der Waals surface area contributed by atoms with Gasteiger partial charge in [0.25, 0.3) is 0 Å². The minimum Gasteiger partial charge on any atom is -0.345 e. The Morgan fingerprint density at radius 2 is 1.84 bits per heavy atom. The van der Waals surface area contributed by atoms with Crippen LogP contribution in [-0.2, 0) is 9.59 Å². The van der Waals surface area contributed by atoms with Gasteiger partial charge in [-0.3, -0.25) is 19.6 Å². The molecule has 3 fully saturated rings. The van der Waals surface area contributed by atoms with Crippen LogP contribution in [0.25, 0.3) is 0 Å². The first-order chi connectivity index (χ1) is 15.0. The summed E-state index contributed by atoms with van der Waals surface area (Å²) < 4.78 is 0. The van der Waals surface area contributed by atoms with Gasteiger partial charge in [-0.15, -0.1) is 0 Å². The third kappa shape index (κ3) is 4.13. The summed E-state index contributed by atoms with van der Waals surface area (Å²) in [6.07, 6.45) is 9.87. The standard InChI is InChI=1S/C24H39N5O2/c1-4-5-13-29-20(30)16-25-23(31)24(29)11-14-28(15-12-24)22(19-9-7-6-8-10-19)21-17(2)26-27-18(21)3/h19,22H,4-16H2,1-3H3,(H,25,31)(H,26,27). The minimum absolute atomic E-state index is 0.0488. The first-order valence-electron chi connectivity index (χ1n) is 12.3. The van der Waals surface area contributed by atoms with E-state index >= 15 is 0 Å². The number of likely N-dealkylation sites (tertiary alicyclic amines) is 1. The van der Waals surface area contributed by atoms with Crippen molar-refractivity contribution in [2.24, 2.45) is 5.92 Å². The summed E-state index contributed by atoms with van der Waals surface area (Å²) in [6.45, 7) is 8.90. The van der Waals surface area contributed by atoms with Crippen molar-refractivity contribution in [3.05, 3.63) is 17.0 Å². The van der Waals surface area contributed by atoms with Gasteiger partial charge in [-0.2, -0.15) is 5.10 Å². The number of carbonyl (C=O) groups is 2. The normalized spacial score (nSPS) is 23.9. The molecule has 2 saturated heterocycles. The lowest BCUT2D eigenvalue weighted by molar-refractivity contribution is -0.158. The van der Waals surface area contributed by atoms with Crippen LogP contribution in [0.1, 0.15) is 87.7 Å². The fourth-order valence-corrected chi connectivity index (χ4v) is 6.26. The fourth-order valence-electron chi connectivity index (χ4n) is 6.26. The SMILES string of the molecule is CCCCN1C(=O)CNC(=O)C12CCN(C(c1c(C)n[nH]c1C)C1CCCCC1)CC2. The number of nitrogens with zero attached hydrogens (tertiary/aromatic N) is 3. The van der Waals surface area contributed by atoms with E-state index < -0.39 is 5.54 Å². The molecule has 2 aliphatic heterocycles.